The average molecular weight is 327 g/mol. The Balaban J connectivity index is 1.96. The highest BCUT2D eigenvalue weighted by atomic mass is 35.5. The summed E-state index contributed by atoms with van der Waals surface area (Å²) in [5.74, 6) is 0.538. The summed E-state index contributed by atoms with van der Waals surface area (Å²) in [6, 6.07) is 5.21. The van der Waals surface area contributed by atoms with Crippen molar-refractivity contribution in [2.45, 2.75) is 5.16 Å². The minimum Gasteiger partial charge on any atom is -0.184 e. The van der Waals surface area contributed by atoms with Gasteiger partial charge in [-0.1, -0.05) is 41.0 Å². The van der Waals surface area contributed by atoms with Crippen molar-refractivity contribution in [3.8, 4) is 0 Å². The van der Waals surface area contributed by atoms with Gasteiger partial charge in [-0.15, -0.1) is 10.2 Å². The minimum atomic E-state index is 0.531. The molecule has 0 spiro atoms. The topological polar surface area (TPSA) is 60.4 Å². The van der Waals surface area contributed by atoms with Gasteiger partial charge < -0.3 is 0 Å². The Morgan fingerprint density at radius 3 is 2.90 bits per heavy atom. The van der Waals surface area contributed by atoms with Crippen molar-refractivity contribution < 1.29 is 0 Å². The third-order valence-corrected chi connectivity index (χ3v) is 3.73. The lowest BCUT2D eigenvalue weighted by molar-refractivity contribution is 0.817. The van der Waals surface area contributed by atoms with E-state index in [-0.39, 0.29) is 0 Å². The molecule has 0 saturated carbocycles. The van der Waals surface area contributed by atoms with Crippen molar-refractivity contribution in [2.75, 3.05) is 6.26 Å². The highest BCUT2D eigenvalue weighted by molar-refractivity contribution is 7.98. The molecule has 0 aliphatic carbocycles. The summed E-state index contributed by atoms with van der Waals surface area (Å²) in [7, 11) is 0. The lowest BCUT2D eigenvalue weighted by Crippen LogP contribution is -1.91. The molecule has 0 atom stereocenters. The first-order valence-electron chi connectivity index (χ1n) is 5.51. The van der Waals surface area contributed by atoms with E-state index in [1.54, 1.807) is 35.3 Å². The van der Waals surface area contributed by atoms with Crippen molar-refractivity contribution >= 4 is 47.0 Å². The van der Waals surface area contributed by atoms with Gasteiger partial charge in [-0.05, 0) is 18.4 Å². The molecule has 0 saturated heterocycles. The normalized spacial score (nSPS) is 11.8. The predicted molar refractivity (Wildman–Crippen MR) is 80.0 cm³/mol. The third kappa shape index (κ3) is 2.39. The molecule has 0 unspecified atom stereocenters. The molecule has 6 nitrogen and oxygen atoms in total. The number of thioether (sulfide) groups is 1. The van der Waals surface area contributed by atoms with Crippen molar-refractivity contribution in [1.29, 1.82) is 0 Å². The van der Waals surface area contributed by atoms with Gasteiger partial charge in [-0.3, -0.25) is 0 Å². The second-order valence-electron chi connectivity index (χ2n) is 3.78. The lowest BCUT2D eigenvalue weighted by atomic mass is 10.2. The number of benzene rings is 1. The summed E-state index contributed by atoms with van der Waals surface area (Å²) in [6.45, 7) is 0. The Hall–Kier alpha value is -1.57. The second kappa shape index (κ2) is 5.43. The molecule has 3 aromatic rings. The van der Waals surface area contributed by atoms with Gasteiger partial charge in [0.1, 0.15) is 6.33 Å². The molecule has 2 aromatic heterocycles. The Kier molecular flexibility index (Phi) is 3.64. The number of rotatable bonds is 3. The molecular formula is C11H8Cl2N6S. The fraction of sp³-hybridized carbons (Fsp3) is 0.0909. The first kappa shape index (κ1) is 13.4. The standard InChI is InChI=1S/C11H8Cl2N6S/c1-20-11-17-16-10-18(6-15-19(10)11)14-5-7-2-3-8(12)4-9(7)13/h2-6H,1H3/b14-5-. The molecule has 3 rings (SSSR count). The summed E-state index contributed by atoms with van der Waals surface area (Å²) in [5, 5.41) is 18.3. The van der Waals surface area contributed by atoms with Gasteiger partial charge in [-0.2, -0.15) is 19.4 Å². The number of halogens is 2. The first-order valence-corrected chi connectivity index (χ1v) is 7.49. The highest BCUT2D eigenvalue weighted by Crippen LogP contribution is 2.19. The van der Waals surface area contributed by atoms with Gasteiger partial charge in [0.15, 0.2) is 0 Å². The first-order chi connectivity index (χ1) is 9.69. The van der Waals surface area contributed by atoms with E-state index >= 15 is 0 Å². The van der Waals surface area contributed by atoms with E-state index in [9.17, 15) is 0 Å². The zero-order chi connectivity index (χ0) is 14.1. The predicted octanol–water partition coefficient (Wildman–Crippen LogP) is 2.84. The molecule has 0 fully saturated rings. The number of hydrogen-bond donors (Lipinski definition) is 0. The summed E-state index contributed by atoms with van der Waals surface area (Å²) in [5.41, 5.74) is 0.757. The van der Waals surface area contributed by atoms with Crippen LogP contribution in [-0.4, -0.2) is 37.0 Å². The van der Waals surface area contributed by atoms with Crippen LogP contribution in [0.2, 0.25) is 10.0 Å². The van der Waals surface area contributed by atoms with E-state index < -0.39 is 0 Å². The molecule has 0 bridgehead atoms. The minimum absolute atomic E-state index is 0.531. The van der Waals surface area contributed by atoms with Gasteiger partial charge in [0.25, 0.3) is 5.78 Å². The number of nitrogens with zero attached hydrogens (tertiary/aromatic N) is 6. The van der Waals surface area contributed by atoms with Crippen LogP contribution in [0.1, 0.15) is 5.56 Å². The van der Waals surface area contributed by atoms with Gasteiger partial charge in [-0.25, -0.2) is 0 Å². The number of hydrogen-bond acceptors (Lipinski definition) is 5. The van der Waals surface area contributed by atoms with Crippen LogP contribution in [0.3, 0.4) is 0 Å². The zero-order valence-electron chi connectivity index (χ0n) is 10.2. The second-order valence-corrected chi connectivity index (χ2v) is 5.40. The van der Waals surface area contributed by atoms with E-state index in [4.69, 9.17) is 23.2 Å². The molecule has 0 aliphatic heterocycles. The summed E-state index contributed by atoms with van der Waals surface area (Å²) in [6.07, 6.45) is 5.09. The SMILES string of the molecule is CSc1nnc2n(/N=C\c3ccc(Cl)cc3Cl)cnn12. The van der Waals surface area contributed by atoms with Gasteiger partial charge in [0.2, 0.25) is 5.16 Å². The molecule has 2 heterocycles. The maximum absolute atomic E-state index is 6.08. The van der Waals surface area contributed by atoms with Crippen LogP contribution in [0.5, 0.6) is 0 Å². The van der Waals surface area contributed by atoms with E-state index in [1.165, 1.54) is 16.4 Å². The maximum atomic E-state index is 6.08. The molecule has 20 heavy (non-hydrogen) atoms. The van der Waals surface area contributed by atoms with Crippen LogP contribution >= 0.6 is 35.0 Å². The van der Waals surface area contributed by atoms with Gasteiger partial charge >= 0.3 is 0 Å². The largest absolute Gasteiger partial charge is 0.275 e. The third-order valence-electron chi connectivity index (χ3n) is 2.54. The Morgan fingerprint density at radius 2 is 2.15 bits per heavy atom. The summed E-state index contributed by atoms with van der Waals surface area (Å²) < 4.78 is 3.14. The highest BCUT2D eigenvalue weighted by Gasteiger charge is 2.09. The average Bonchev–Trinajstić information content (AvgIpc) is 2.99. The smallest absolute Gasteiger partial charge is 0.184 e. The monoisotopic (exact) mass is 326 g/mol. The van der Waals surface area contributed by atoms with Crippen LogP contribution in [0.15, 0.2) is 34.8 Å². The lowest BCUT2D eigenvalue weighted by Gasteiger charge is -1.97. The fourth-order valence-electron chi connectivity index (χ4n) is 1.59. The van der Waals surface area contributed by atoms with Crippen molar-refractivity contribution in [3.63, 3.8) is 0 Å². The Morgan fingerprint density at radius 1 is 1.30 bits per heavy atom. The van der Waals surface area contributed by atoms with Crippen LogP contribution in [0, 0.1) is 0 Å². The van der Waals surface area contributed by atoms with Crippen LogP contribution in [-0.2, 0) is 0 Å². The van der Waals surface area contributed by atoms with E-state index in [0.29, 0.717) is 21.0 Å². The molecule has 0 amide bonds. The van der Waals surface area contributed by atoms with Crippen LogP contribution < -0.4 is 0 Å². The van der Waals surface area contributed by atoms with Crippen LogP contribution in [0.25, 0.3) is 5.78 Å². The number of aromatic nitrogens is 5. The van der Waals surface area contributed by atoms with E-state index in [1.807, 2.05) is 6.26 Å². The molecular weight excluding hydrogens is 319 g/mol. The Bertz CT molecular complexity index is 793. The number of fused-ring (bicyclic) bond motifs is 1. The quantitative estimate of drug-likeness (QED) is 0.548. The van der Waals surface area contributed by atoms with Crippen LogP contribution in [0.4, 0.5) is 0 Å². The Labute approximate surface area is 128 Å². The molecule has 1 aromatic carbocycles. The molecule has 102 valence electrons. The summed E-state index contributed by atoms with van der Waals surface area (Å²) in [4.78, 5) is 0. The van der Waals surface area contributed by atoms with E-state index in [0.717, 1.165) is 5.56 Å². The molecule has 0 aliphatic rings. The zero-order valence-corrected chi connectivity index (χ0v) is 12.6. The van der Waals surface area contributed by atoms with Crippen molar-refractivity contribution in [2.24, 2.45) is 5.10 Å². The van der Waals surface area contributed by atoms with Gasteiger partial charge in [0.05, 0.1) is 11.2 Å². The molecule has 9 heteroatoms. The van der Waals surface area contributed by atoms with Gasteiger partial charge in [0, 0.05) is 10.6 Å². The van der Waals surface area contributed by atoms with Crippen molar-refractivity contribution in [1.82, 2.24) is 24.5 Å². The van der Waals surface area contributed by atoms with E-state index in [2.05, 4.69) is 20.4 Å². The summed E-state index contributed by atoms with van der Waals surface area (Å²) >= 11 is 13.4. The van der Waals surface area contributed by atoms with Crippen molar-refractivity contribution in [3.05, 3.63) is 40.1 Å². The fourth-order valence-corrected chi connectivity index (χ4v) is 2.47. The molecule has 0 radical (unpaired) electrons. The molecule has 0 N–H and O–H groups in total. The maximum Gasteiger partial charge on any atom is 0.275 e.